The van der Waals surface area contributed by atoms with E-state index in [1.54, 1.807) is 13.8 Å². The van der Waals surface area contributed by atoms with Gasteiger partial charge in [-0.3, -0.25) is 0 Å². The Balaban J connectivity index is 3.22. The van der Waals surface area contributed by atoms with Gasteiger partial charge in [0.1, 0.15) is 11.3 Å². The highest BCUT2D eigenvalue weighted by Gasteiger charge is 2.19. The molecule has 0 bridgehead atoms. The molecule has 1 heterocycles. The summed E-state index contributed by atoms with van der Waals surface area (Å²) in [5, 5.41) is 0. The number of nitrogens with two attached hydrogens (primary N) is 1. The topological polar surface area (TPSA) is 65.5 Å². The molecule has 0 aliphatic rings. The summed E-state index contributed by atoms with van der Waals surface area (Å²) in [7, 11) is 1.31. The van der Waals surface area contributed by atoms with E-state index in [0.29, 0.717) is 11.3 Å². The average Bonchev–Trinajstić information content (AvgIpc) is 2.26. The Labute approximate surface area is 70.3 Å². The van der Waals surface area contributed by atoms with Crippen molar-refractivity contribution < 1.29 is 13.9 Å². The van der Waals surface area contributed by atoms with E-state index in [0.717, 1.165) is 5.56 Å². The summed E-state index contributed by atoms with van der Waals surface area (Å²) in [6.45, 7) is 3.51. The van der Waals surface area contributed by atoms with Gasteiger partial charge in [0.2, 0.25) is 5.88 Å². The first kappa shape index (κ1) is 8.64. The zero-order chi connectivity index (χ0) is 9.30. The minimum Gasteiger partial charge on any atom is -0.465 e. The van der Waals surface area contributed by atoms with Crippen molar-refractivity contribution in [3.8, 4) is 0 Å². The molecule has 4 heteroatoms. The van der Waals surface area contributed by atoms with Crippen molar-refractivity contribution in [2.24, 2.45) is 0 Å². The third kappa shape index (κ3) is 1.15. The van der Waals surface area contributed by atoms with Crippen molar-refractivity contribution in [1.29, 1.82) is 0 Å². The molecule has 0 amide bonds. The molecule has 0 aromatic carbocycles. The maximum absolute atomic E-state index is 11.1. The highest BCUT2D eigenvalue weighted by Crippen LogP contribution is 2.23. The van der Waals surface area contributed by atoms with E-state index in [9.17, 15) is 4.79 Å². The lowest BCUT2D eigenvalue weighted by Crippen LogP contribution is -2.04. The van der Waals surface area contributed by atoms with Crippen LogP contribution in [0.2, 0.25) is 0 Å². The summed E-state index contributed by atoms with van der Waals surface area (Å²) in [5.41, 5.74) is 6.52. The molecule has 2 N–H and O–H groups in total. The van der Waals surface area contributed by atoms with E-state index < -0.39 is 5.97 Å². The highest BCUT2D eigenvalue weighted by atomic mass is 16.5. The molecule has 1 aromatic rings. The Morgan fingerprint density at radius 2 is 2.08 bits per heavy atom. The molecule has 0 atom stereocenters. The zero-order valence-corrected chi connectivity index (χ0v) is 7.30. The number of carbonyl (C=O) groups is 1. The summed E-state index contributed by atoms with van der Waals surface area (Å²) in [6.07, 6.45) is 0. The molecule has 0 aliphatic heterocycles. The van der Waals surface area contributed by atoms with Gasteiger partial charge >= 0.3 is 5.97 Å². The average molecular weight is 169 g/mol. The van der Waals surface area contributed by atoms with Crippen molar-refractivity contribution in [2.75, 3.05) is 12.8 Å². The number of ether oxygens (including phenoxy) is 1. The second kappa shape index (κ2) is 2.89. The molecule has 66 valence electrons. The third-order valence-corrected chi connectivity index (χ3v) is 1.80. The molecule has 0 fully saturated rings. The number of hydrogen-bond acceptors (Lipinski definition) is 4. The second-order valence-electron chi connectivity index (χ2n) is 2.51. The lowest BCUT2D eigenvalue weighted by Gasteiger charge is -1.96. The minimum atomic E-state index is -0.457. The van der Waals surface area contributed by atoms with Crippen molar-refractivity contribution in [3.05, 3.63) is 16.9 Å². The molecular formula is C8H11NO3. The summed E-state index contributed by atoms with van der Waals surface area (Å²) >= 11 is 0. The maximum Gasteiger partial charge on any atom is 0.343 e. The quantitative estimate of drug-likeness (QED) is 0.643. The van der Waals surface area contributed by atoms with Gasteiger partial charge in [0.05, 0.1) is 7.11 Å². The Kier molecular flexibility index (Phi) is 2.08. The largest absolute Gasteiger partial charge is 0.465 e. The molecule has 1 rings (SSSR count). The van der Waals surface area contributed by atoms with Crippen LogP contribution < -0.4 is 5.73 Å². The number of hydrogen-bond donors (Lipinski definition) is 1. The number of aryl methyl sites for hydroxylation is 1. The van der Waals surface area contributed by atoms with Gasteiger partial charge < -0.3 is 14.9 Å². The van der Waals surface area contributed by atoms with Crippen LogP contribution in [0.5, 0.6) is 0 Å². The molecule has 0 unspecified atom stereocenters. The molecule has 12 heavy (non-hydrogen) atoms. The summed E-state index contributed by atoms with van der Waals surface area (Å²) in [6, 6.07) is 0. The first-order valence-corrected chi connectivity index (χ1v) is 3.51. The predicted molar refractivity (Wildman–Crippen MR) is 43.9 cm³/mol. The van der Waals surface area contributed by atoms with Crippen LogP contribution in [0, 0.1) is 13.8 Å². The fraction of sp³-hybridized carbons (Fsp3) is 0.375. The van der Waals surface area contributed by atoms with Crippen LogP contribution in [0.4, 0.5) is 5.88 Å². The zero-order valence-electron chi connectivity index (χ0n) is 7.30. The van der Waals surface area contributed by atoms with Crippen molar-refractivity contribution in [2.45, 2.75) is 13.8 Å². The predicted octanol–water partition coefficient (Wildman–Crippen LogP) is 1.27. The fourth-order valence-corrected chi connectivity index (χ4v) is 1.01. The lowest BCUT2D eigenvalue weighted by molar-refractivity contribution is 0.0601. The standard InChI is InChI=1S/C8H11NO3/c1-4-5(2)12-7(9)6(4)8(10)11-3/h9H2,1-3H3. The minimum absolute atomic E-state index is 0.122. The molecule has 0 radical (unpaired) electrons. The SMILES string of the molecule is COC(=O)c1c(N)oc(C)c1C. The van der Waals surface area contributed by atoms with E-state index in [2.05, 4.69) is 4.74 Å². The number of anilines is 1. The van der Waals surface area contributed by atoms with Gasteiger partial charge in [-0.05, 0) is 13.8 Å². The summed E-state index contributed by atoms with van der Waals surface area (Å²) < 4.78 is 9.58. The molecule has 0 saturated heterocycles. The van der Waals surface area contributed by atoms with Gasteiger partial charge in [0.15, 0.2) is 0 Å². The van der Waals surface area contributed by atoms with Crippen molar-refractivity contribution in [3.63, 3.8) is 0 Å². The van der Waals surface area contributed by atoms with Gasteiger partial charge in [0, 0.05) is 5.56 Å². The van der Waals surface area contributed by atoms with Gasteiger partial charge in [-0.15, -0.1) is 0 Å². The number of rotatable bonds is 1. The smallest absolute Gasteiger partial charge is 0.343 e. The molecule has 0 saturated carbocycles. The van der Waals surface area contributed by atoms with Gasteiger partial charge in [-0.25, -0.2) is 4.79 Å². The van der Waals surface area contributed by atoms with E-state index in [1.807, 2.05) is 0 Å². The summed E-state index contributed by atoms with van der Waals surface area (Å²) in [4.78, 5) is 11.1. The molecule has 4 nitrogen and oxygen atoms in total. The number of furan rings is 1. The van der Waals surface area contributed by atoms with E-state index in [4.69, 9.17) is 10.2 Å². The van der Waals surface area contributed by atoms with Gasteiger partial charge in [-0.1, -0.05) is 0 Å². The maximum atomic E-state index is 11.1. The van der Waals surface area contributed by atoms with Crippen molar-refractivity contribution >= 4 is 11.9 Å². The highest BCUT2D eigenvalue weighted by molar-refractivity contribution is 5.95. The first-order chi connectivity index (χ1) is 5.57. The van der Waals surface area contributed by atoms with Gasteiger partial charge in [0.25, 0.3) is 0 Å². The monoisotopic (exact) mass is 169 g/mol. The Morgan fingerprint density at radius 3 is 2.42 bits per heavy atom. The number of carbonyl (C=O) groups excluding carboxylic acids is 1. The Bertz CT molecular complexity index is 314. The molecule has 1 aromatic heterocycles. The van der Waals surface area contributed by atoms with Crippen LogP contribution >= 0.6 is 0 Å². The van der Waals surface area contributed by atoms with Crippen LogP contribution in [0.15, 0.2) is 4.42 Å². The van der Waals surface area contributed by atoms with E-state index >= 15 is 0 Å². The van der Waals surface area contributed by atoms with Crippen LogP contribution in [-0.4, -0.2) is 13.1 Å². The Morgan fingerprint density at radius 1 is 1.50 bits per heavy atom. The van der Waals surface area contributed by atoms with Crippen molar-refractivity contribution in [1.82, 2.24) is 0 Å². The molecule has 0 aliphatic carbocycles. The third-order valence-electron chi connectivity index (χ3n) is 1.80. The second-order valence-corrected chi connectivity index (χ2v) is 2.51. The first-order valence-electron chi connectivity index (χ1n) is 3.51. The van der Waals surface area contributed by atoms with Gasteiger partial charge in [-0.2, -0.15) is 0 Å². The van der Waals surface area contributed by atoms with Crippen LogP contribution in [0.1, 0.15) is 21.7 Å². The molecular weight excluding hydrogens is 158 g/mol. The Hall–Kier alpha value is -1.45. The lowest BCUT2D eigenvalue weighted by atomic mass is 10.2. The normalized spacial score (nSPS) is 9.92. The fourth-order valence-electron chi connectivity index (χ4n) is 1.01. The van der Waals surface area contributed by atoms with Crippen LogP contribution in [0.25, 0.3) is 0 Å². The number of nitrogen functional groups attached to an aromatic ring is 1. The van der Waals surface area contributed by atoms with Crippen LogP contribution in [0.3, 0.4) is 0 Å². The number of esters is 1. The van der Waals surface area contributed by atoms with E-state index in [-0.39, 0.29) is 5.88 Å². The number of methoxy groups -OCH3 is 1. The molecule has 0 spiro atoms. The summed E-state index contributed by atoms with van der Waals surface area (Å²) in [5.74, 6) is 0.312. The van der Waals surface area contributed by atoms with Crippen LogP contribution in [-0.2, 0) is 4.74 Å². The van der Waals surface area contributed by atoms with E-state index in [1.165, 1.54) is 7.11 Å².